The monoisotopic (exact) mass is 242 g/mol. The van der Waals surface area contributed by atoms with E-state index in [2.05, 4.69) is 9.97 Å². The maximum absolute atomic E-state index is 10.4. The lowest BCUT2D eigenvalue weighted by Crippen LogP contribution is -2.30. The minimum atomic E-state index is -1.49. The Morgan fingerprint density at radius 2 is 1.80 bits per heavy atom. The van der Waals surface area contributed by atoms with Gasteiger partial charge >= 0.3 is 0 Å². The second-order valence-electron chi connectivity index (χ2n) is 2.75. The minimum Gasteiger partial charge on any atom is -0.354 e. The van der Waals surface area contributed by atoms with Crippen molar-refractivity contribution in [2.24, 2.45) is 0 Å². The first-order valence-corrected chi connectivity index (χ1v) is 6.19. The fraction of sp³-hybridized carbons (Fsp3) is 0.333. The second kappa shape index (κ2) is 4.36. The van der Waals surface area contributed by atoms with E-state index in [4.69, 9.17) is 4.74 Å². The molecule has 2 rings (SSSR count). The van der Waals surface area contributed by atoms with Gasteiger partial charge in [0.1, 0.15) is 0 Å². The maximum atomic E-state index is 10.4. The highest BCUT2D eigenvalue weighted by Crippen LogP contribution is 2.33. The summed E-state index contributed by atoms with van der Waals surface area (Å²) in [6.07, 6.45) is 3.27. The zero-order chi connectivity index (χ0) is 10.7. The molecule has 6 heteroatoms. The first-order valence-electron chi connectivity index (χ1n) is 4.43. The molecule has 0 fully saturated rings. The zero-order valence-corrected chi connectivity index (χ0v) is 9.72. The molecular weight excluding hydrogens is 232 g/mol. The largest absolute Gasteiger partial charge is 0.354 e. The molecular formula is C9H10N2O2S2. The SMILES string of the molecule is CCOC(O)(c1nccs1)c1nccs1. The lowest BCUT2D eigenvalue weighted by molar-refractivity contribution is -0.177. The summed E-state index contributed by atoms with van der Waals surface area (Å²) in [6, 6.07) is 0. The molecule has 2 aromatic rings. The number of aliphatic hydroxyl groups is 1. The first-order chi connectivity index (χ1) is 7.27. The third-order valence-corrected chi connectivity index (χ3v) is 3.52. The second-order valence-corrected chi connectivity index (χ2v) is 4.54. The zero-order valence-electron chi connectivity index (χ0n) is 8.08. The topological polar surface area (TPSA) is 55.2 Å². The quantitative estimate of drug-likeness (QED) is 0.831. The Balaban J connectivity index is 2.41. The van der Waals surface area contributed by atoms with Crippen molar-refractivity contribution < 1.29 is 9.84 Å². The van der Waals surface area contributed by atoms with E-state index in [1.165, 1.54) is 22.7 Å². The summed E-state index contributed by atoms with van der Waals surface area (Å²) in [5.41, 5.74) is 0. The summed E-state index contributed by atoms with van der Waals surface area (Å²) in [5.74, 6) is -1.49. The van der Waals surface area contributed by atoms with Gasteiger partial charge in [0.15, 0.2) is 10.0 Å². The van der Waals surface area contributed by atoms with E-state index < -0.39 is 5.79 Å². The van der Waals surface area contributed by atoms with Gasteiger partial charge in [-0.3, -0.25) is 0 Å². The van der Waals surface area contributed by atoms with E-state index in [0.717, 1.165) is 0 Å². The molecule has 0 atom stereocenters. The van der Waals surface area contributed by atoms with Gasteiger partial charge in [0.25, 0.3) is 5.79 Å². The van der Waals surface area contributed by atoms with Crippen LogP contribution in [0.2, 0.25) is 0 Å². The van der Waals surface area contributed by atoms with Crippen molar-refractivity contribution in [3.63, 3.8) is 0 Å². The number of hydrogen-bond acceptors (Lipinski definition) is 6. The number of aromatic nitrogens is 2. The minimum absolute atomic E-state index is 0.398. The number of rotatable bonds is 4. The molecule has 0 saturated carbocycles. The van der Waals surface area contributed by atoms with Crippen molar-refractivity contribution in [3.8, 4) is 0 Å². The lowest BCUT2D eigenvalue weighted by Gasteiger charge is -2.22. The summed E-state index contributed by atoms with van der Waals surface area (Å²) in [4.78, 5) is 8.15. The molecule has 0 aliphatic heterocycles. The molecule has 80 valence electrons. The van der Waals surface area contributed by atoms with Crippen LogP contribution >= 0.6 is 22.7 Å². The smallest absolute Gasteiger partial charge is 0.274 e. The van der Waals surface area contributed by atoms with E-state index in [0.29, 0.717) is 16.6 Å². The highest BCUT2D eigenvalue weighted by atomic mass is 32.1. The number of nitrogens with zero attached hydrogens (tertiary/aromatic N) is 2. The van der Waals surface area contributed by atoms with E-state index in [9.17, 15) is 5.11 Å². The Kier molecular flexibility index (Phi) is 3.11. The maximum Gasteiger partial charge on any atom is 0.274 e. The Hall–Kier alpha value is -0.820. The Bertz CT molecular complexity index is 365. The molecule has 1 N–H and O–H groups in total. The standard InChI is InChI=1S/C9H10N2O2S2/c1-2-13-9(12,7-10-3-5-14-7)8-11-4-6-15-8/h3-6,12H,2H2,1H3. The van der Waals surface area contributed by atoms with Crippen molar-refractivity contribution in [2.75, 3.05) is 6.61 Å². The summed E-state index contributed by atoms with van der Waals surface area (Å²) in [5, 5.41) is 15.0. The third-order valence-electron chi connectivity index (χ3n) is 1.80. The Morgan fingerprint density at radius 1 is 1.27 bits per heavy atom. The van der Waals surface area contributed by atoms with Crippen molar-refractivity contribution in [2.45, 2.75) is 12.7 Å². The van der Waals surface area contributed by atoms with Crippen molar-refractivity contribution >= 4 is 22.7 Å². The van der Waals surface area contributed by atoms with Gasteiger partial charge < -0.3 is 9.84 Å². The predicted octanol–water partition coefficient (Wildman–Crippen LogP) is 1.83. The molecule has 0 amide bonds. The molecule has 0 unspecified atom stereocenters. The van der Waals surface area contributed by atoms with Gasteiger partial charge in [0.2, 0.25) is 0 Å². The van der Waals surface area contributed by atoms with Crippen LogP contribution in [0.4, 0.5) is 0 Å². The molecule has 0 saturated heterocycles. The van der Waals surface area contributed by atoms with Gasteiger partial charge in [-0.15, -0.1) is 22.7 Å². The van der Waals surface area contributed by atoms with E-state index in [-0.39, 0.29) is 0 Å². The molecule has 15 heavy (non-hydrogen) atoms. The lowest BCUT2D eigenvalue weighted by atomic mass is 10.3. The van der Waals surface area contributed by atoms with Gasteiger partial charge in [0, 0.05) is 29.8 Å². The highest BCUT2D eigenvalue weighted by molar-refractivity contribution is 7.11. The van der Waals surface area contributed by atoms with Gasteiger partial charge in [-0.1, -0.05) is 0 Å². The molecule has 0 aliphatic rings. The van der Waals surface area contributed by atoms with E-state index in [1.54, 1.807) is 23.2 Å². The first kappa shape index (κ1) is 10.7. The fourth-order valence-corrected chi connectivity index (χ4v) is 2.65. The average Bonchev–Trinajstić information content (AvgIpc) is 2.92. The molecule has 0 aromatic carbocycles. The normalized spacial score (nSPS) is 11.9. The predicted molar refractivity (Wildman–Crippen MR) is 58.9 cm³/mol. The van der Waals surface area contributed by atoms with Crippen LogP contribution in [-0.2, 0) is 10.5 Å². The molecule has 4 nitrogen and oxygen atoms in total. The van der Waals surface area contributed by atoms with Gasteiger partial charge in [-0.05, 0) is 6.92 Å². The summed E-state index contributed by atoms with van der Waals surface area (Å²) in [7, 11) is 0. The number of thiazole rings is 2. The van der Waals surface area contributed by atoms with Gasteiger partial charge in [-0.25, -0.2) is 9.97 Å². The van der Waals surface area contributed by atoms with Crippen molar-refractivity contribution in [1.82, 2.24) is 9.97 Å². The highest BCUT2D eigenvalue weighted by Gasteiger charge is 2.37. The van der Waals surface area contributed by atoms with E-state index >= 15 is 0 Å². The van der Waals surface area contributed by atoms with E-state index in [1.807, 2.05) is 6.92 Å². The molecule has 0 radical (unpaired) electrons. The van der Waals surface area contributed by atoms with Crippen molar-refractivity contribution in [1.29, 1.82) is 0 Å². The van der Waals surface area contributed by atoms with Crippen molar-refractivity contribution in [3.05, 3.63) is 33.2 Å². The summed E-state index contributed by atoms with van der Waals surface area (Å²) in [6.45, 7) is 2.22. The van der Waals surface area contributed by atoms with Crippen LogP contribution in [-0.4, -0.2) is 21.7 Å². The average molecular weight is 242 g/mol. The number of ether oxygens (including phenoxy) is 1. The molecule has 0 spiro atoms. The van der Waals surface area contributed by atoms with Crippen LogP contribution in [0.5, 0.6) is 0 Å². The molecule has 0 aliphatic carbocycles. The summed E-state index contributed by atoms with van der Waals surface area (Å²) < 4.78 is 5.37. The van der Waals surface area contributed by atoms with Crippen LogP contribution < -0.4 is 0 Å². The Labute approximate surface area is 95.2 Å². The molecule has 2 heterocycles. The fourth-order valence-electron chi connectivity index (χ4n) is 1.21. The molecule has 2 aromatic heterocycles. The van der Waals surface area contributed by atoms with Crippen LogP contribution in [0.25, 0.3) is 0 Å². The number of hydrogen-bond donors (Lipinski definition) is 1. The van der Waals surface area contributed by atoms with Crippen LogP contribution in [0, 0.1) is 0 Å². The van der Waals surface area contributed by atoms with Crippen LogP contribution in [0.3, 0.4) is 0 Å². The molecule has 0 bridgehead atoms. The third kappa shape index (κ3) is 1.93. The van der Waals surface area contributed by atoms with Gasteiger partial charge in [0.05, 0.1) is 0 Å². The van der Waals surface area contributed by atoms with Crippen LogP contribution in [0.15, 0.2) is 23.2 Å². The summed E-state index contributed by atoms with van der Waals surface area (Å²) >= 11 is 2.70. The van der Waals surface area contributed by atoms with Crippen LogP contribution in [0.1, 0.15) is 16.9 Å². The Morgan fingerprint density at radius 3 is 2.13 bits per heavy atom. The van der Waals surface area contributed by atoms with Gasteiger partial charge in [-0.2, -0.15) is 0 Å².